The van der Waals surface area contributed by atoms with E-state index in [4.69, 9.17) is 5.73 Å². The summed E-state index contributed by atoms with van der Waals surface area (Å²) in [5.74, 6) is 0. The molecular weight excluding hydrogens is 280 g/mol. The molecular formula is C13H21BrN2O. The maximum atomic E-state index is 9.50. The van der Waals surface area contributed by atoms with Crippen molar-refractivity contribution < 1.29 is 5.11 Å². The van der Waals surface area contributed by atoms with Gasteiger partial charge in [0.1, 0.15) is 0 Å². The molecule has 0 aliphatic carbocycles. The molecule has 0 atom stereocenters. The normalized spacial score (nSPS) is 11.5. The summed E-state index contributed by atoms with van der Waals surface area (Å²) in [6, 6.07) is 5.69. The maximum Gasteiger partial charge on any atom is 0.0504 e. The van der Waals surface area contributed by atoms with Gasteiger partial charge < -0.3 is 16.2 Å². The molecule has 0 aromatic heterocycles. The Morgan fingerprint density at radius 1 is 1.35 bits per heavy atom. The van der Waals surface area contributed by atoms with Crippen molar-refractivity contribution in [1.29, 1.82) is 0 Å². The van der Waals surface area contributed by atoms with Crippen molar-refractivity contribution in [2.75, 3.05) is 24.2 Å². The molecule has 17 heavy (non-hydrogen) atoms. The zero-order chi connectivity index (χ0) is 12.9. The van der Waals surface area contributed by atoms with Gasteiger partial charge in [0, 0.05) is 27.8 Å². The summed E-state index contributed by atoms with van der Waals surface area (Å²) in [5, 5.41) is 12.9. The Hall–Kier alpha value is -0.740. The van der Waals surface area contributed by atoms with Crippen LogP contribution in [0.4, 0.5) is 11.4 Å². The van der Waals surface area contributed by atoms with Crippen molar-refractivity contribution in [2.24, 2.45) is 5.41 Å². The van der Waals surface area contributed by atoms with Crippen molar-refractivity contribution in [1.82, 2.24) is 0 Å². The molecule has 0 saturated heterocycles. The van der Waals surface area contributed by atoms with Crippen LogP contribution in [0.5, 0.6) is 0 Å². The highest BCUT2D eigenvalue weighted by Crippen LogP contribution is 2.29. The molecule has 3 nitrogen and oxygen atoms in total. The number of nitrogen functional groups attached to an aromatic ring is 1. The van der Waals surface area contributed by atoms with Gasteiger partial charge in [0.25, 0.3) is 0 Å². The second kappa shape index (κ2) is 6.26. The lowest BCUT2D eigenvalue weighted by Gasteiger charge is -2.30. The Morgan fingerprint density at radius 2 is 2.00 bits per heavy atom. The fraction of sp³-hybridized carbons (Fsp3) is 0.538. The second-order valence-corrected chi connectivity index (χ2v) is 5.31. The Bertz CT molecular complexity index is 356. The first-order valence-electron chi connectivity index (χ1n) is 5.96. The first-order chi connectivity index (χ1) is 8.06. The molecule has 4 heteroatoms. The molecule has 0 radical (unpaired) electrons. The topological polar surface area (TPSA) is 58.3 Å². The first-order valence-corrected chi connectivity index (χ1v) is 6.76. The average Bonchev–Trinajstić information content (AvgIpc) is 2.33. The quantitative estimate of drug-likeness (QED) is 0.707. The minimum absolute atomic E-state index is 0.0408. The molecule has 0 unspecified atom stereocenters. The molecule has 0 spiro atoms. The fourth-order valence-corrected chi connectivity index (χ4v) is 2.27. The van der Waals surface area contributed by atoms with Crippen LogP contribution in [0.25, 0.3) is 0 Å². The van der Waals surface area contributed by atoms with E-state index in [2.05, 4.69) is 35.1 Å². The second-order valence-electron chi connectivity index (χ2n) is 4.46. The predicted molar refractivity (Wildman–Crippen MR) is 77.1 cm³/mol. The highest BCUT2D eigenvalue weighted by atomic mass is 79.9. The molecule has 4 N–H and O–H groups in total. The van der Waals surface area contributed by atoms with E-state index in [1.807, 2.05) is 18.2 Å². The van der Waals surface area contributed by atoms with Crippen LogP contribution < -0.4 is 11.1 Å². The molecule has 1 aromatic carbocycles. The van der Waals surface area contributed by atoms with Gasteiger partial charge in [-0.15, -0.1) is 0 Å². The number of benzene rings is 1. The van der Waals surface area contributed by atoms with Gasteiger partial charge in [0.15, 0.2) is 0 Å². The number of anilines is 2. The SMILES string of the molecule is CCC(CC)(CO)CNc1ccc(N)cc1Br. The molecule has 0 amide bonds. The first kappa shape index (κ1) is 14.3. The van der Waals surface area contributed by atoms with E-state index >= 15 is 0 Å². The summed E-state index contributed by atoms with van der Waals surface area (Å²) in [5.41, 5.74) is 7.40. The summed E-state index contributed by atoms with van der Waals surface area (Å²) >= 11 is 3.48. The van der Waals surface area contributed by atoms with E-state index in [0.717, 1.165) is 35.2 Å². The lowest BCUT2D eigenvalue weighted by atomic mass is 9.83. The molecule has 0 aliphatic rings. The fourth-order valence-electron chi connectivity index (χ4n) is 1.74. The number of hydrogen-bond acceptors (Lipinski definition) is 3. The van der Waals surface area contributed by atoms with Crippen molar-refractivity contribution in [3.63, 3.8) is 0 Å². The number of hydrogen-bond donors (Lipinski definition) is 3. The van der Waals surface area contributed by atoms with Crippen LogP contribution in [0, 0.1) is 5.41 Å². The Morgan fingerprint density at radius 3 is 2.47 bits per heavy atom. The predicted octanol–water partition coefficient (Wildman–Crippen LogP) is 3.24. The van der Waals surface area contributed by atoms with Gasteiger partial charge in [-0.25, -0.2) is 0 Å². The van der Waals surface area contributed by atoms with Crippen LogP contribution in [-0.2, 0) is 0 Å². The largest absolute Gasteiger partial charge is 0.399 e. The molecule has 0 saturated carbocycles. The third-order valence-corrected chi connectivity index (χ3v) is 4.14. The van der Waals surface area contributed by atoms with Gasteiger partial charge >= 0.3 is 0 Å². The van der Waals surface area contributed by atoms with Crippen LogP contribution in [0.1, 0.15) is 26.7 Å². The van der Waals surface area contributed by atoms with E-state index in [0.29, 0.717) is 0 Å². The monoisotopic (exact) mass is 300 g/mol. The van der Waals surface area contributed by atoms with Crippen molar-refractivity contribution in [3.05, 3.63) is 22.7 Å². The number of nitrogens with one attached hydrogen (secondary N) is 1. The smallest absolute Gasteiger partial charge is 0.0504 e. The van der Waals surface area contributed by atoms with Gasteiger partial charge in [0.2, 0.25) is 0 Å². The van der Waals surface area contributed by atoms with Crippen LogP contribution in [-0.4, -0.2) is 18.3 Å². The Balaban J connectivity index is 2.72. The number of nitrogens with two attached hydrogens (primary N) is 1. The lowest BCUT2D eigenvalue weighted by Crippen LogP contribution is -2.32. The third kappa shape index (κ3) is 3.61. The summed E-state index contributed by atoms with van der Waals surface area (Å²) < 4.78 is 0.955. The minimum Gasteiger partial charge on any atom is -0.399 e. The molecule has 0 aliphatic heterocycles. The Labute approximate surface area is 112 Å². The summed E-state index contributed by atoms with van der Waals surface area (Å²) in [6.07, 6.45) is 1.92. The number of halogens is 1. The highest BCUT2D eigenvalue weighted by Gasteiger charge is 2.25. The van der Waals surface area contributed by atoms with Crippen LogP contribution >= 0.6 is 15.9 Å². The lowest BCUT2D eigenvalue weighted by molar-refractivity contribution is 0.127. The van der Waals surface area contributed by atoms with Crippen LogP contribution in [0.15, 0.2) is 22.7 Å². The van der Waals surface area contributed by atoms with Gasteiger partial charge in [-0.3, -0.25) is 0 Å². The van der Waals surface area contributed by atoms with E-state index in [-0.39, 0.29) is 12.0 Å². The molecule has 0 fully saturated rings. The molecule has 96 valence electrons. The van der Waals surface area contributed by atoms with Crippen LogP contribution in [0.2, 0.25) is 0 Å². The standard InChI is InChI=1S/C13H21BrN2O/c1-3-13(4-2,9-17)8-16-12-6-5-10(15)7-11(12)14/h5-7,16-17H,3-4,8-9,15H2,1-2H3. The molecule has 1 aromatic rings. The Kier molecular flexibility index (Phi) is 5.28. The number of aliphatic hydroxyl groups excluding tert-OH is 1. The number of rotatable bonds is 6. The van der Waals surface area contributed by atoms with Crippen molar-refractivity contribution in [2.45, 2.75) is 26.7 Å². The van der Waals surface area contributed by atoms with E-state index in [1.165, 1.54) is 0 Å². The van der Waals surface area contributed by atoms with E-state index in [9.17, 15) is 5.11 Å². The van der Waals surface area contributed by atoms with E-state index < -0.39 is 0 Å². The summed E-state index contributed by atoms with van der Waals surface area (Å²) in [6.45, 7) is 5.19. The third-order valence-electron chi connectivity index (χ3n) is 3.48. The van der Waals surface area contributed by atoms with Crippen molar-refractivity contribution >= 4 is 27.3 Å². The van der Waals surface area contributed by atoms with Gasteiger partial charge in [-0.2, -0.15) is 0 Å². The molecule has 0 heterocycles. The van der Waals surface area contributed by atoms with Gasteiger partial charge in [-0.1, -0.05) is 13.8 Å². The molecule has 0 bridgehead atoms. The number of aliphatic hydroxyl groups is 1. The zero-order valence-corrected chi connectivity index (χ0v) is 12.0. The molecule has 1 rings (SSSR count). The summed E-state index contributed by atoms with van der Waals surface area (Å²) in [7, 11) is 0. The minimum atomic E-state index is -0.0408. The highest BCUT2D eigenvalue weighted by molar-refractivity contribution is 9.10. The zero-order valence-electron chi connectivity index (χ0n) is 10.5. The van der Waals surface area contributed by atoms with E-state index in [1.54, 1.807) is 0 Å². The van der Waals surface area contributed by atoms with Gasteiger partial charge in [0.05, 0.1) is 6.61 Å². The van der Waals surface area contributed by atoms with Crippen LogP contribution in [0.3, 0.4) is 0 Å². The van der Waals surface area contributed by atoms with Gasteiger partial charge in [-0.05, 0) is 47.0 Å². The van der Waals surface area contributed by atoms with Crippen molar-refractivity contribution in [3.8, 4) is 0 Å². The maximum absolute atomic E-state index is 9.50. The summed E-state index contributed by atoms with van der Waals surface area (Å²) in [4.78, 5) is 0. The average molecular weight is 301 g/mol.